The standard InChI is InChI=1S/C19H24N4O/c1-13-17(14-7-8-14)21-22-18(13)20-19(24)15-9-11-23(12-10-15)16-5-3-2-4-6-16/h2-6,14-15H,7-12H2,1H3,(H2,20,21,22,24). The Morgan fingerprint density at radius 2 is 1.88 bits per heavy atom. The Morgan fingerprint density at radius 3 is 2.54 bits per heavy atom. The average Bonchev–Trinajstić information content (AvgIpc) is 3.41. The van der Waals surface area contributed by atoms with Gasteiger partial charge in [-0.15, -0.1) is 0 Å². The van der Waals surface area contributed by atoms with Crippen LogP contribution in [0.15, 0.2) is 30.3 Å². The number of benzene rings is 1. The van der Waals surface area contributed by atoms with Gasteiger partial charge in [-0.05, 0) is 44.7 Å². The van der Waals surface area contributed by atoms with Crippen molar-refractivity contribution in [3.8, 4) is 0 Å². The third-order valence-electron chi connectivity index (χ3n) is 5.26. The van der Waals surface area contributed by atoms with Gasteiger partial charge in [-0.3, -0.25) is 9.89 Å². The molecule has 0 bridgehead atoms. The number of nitrogens with one attached hydrogen (secondary N) is 2. The minimum absolute atomic E-state index is 0.0745. The van der Waals surface area contributed by atoms with E-state index in [1.807, 2.05) is 13.0 Å². The highest BCUT2D eigenvalue weighted by Crippen LogP contribution is 2.41. The predicted molar refractivity (Wildman–Crippen MR) is 95.3 cm³/mol. The van der Waals surface area contributed by atoms with Crippen LogP contribution in [0.3, 0.4) is 0 Å². The second-order valence-corrected chi connectivity index (χ2v) is 6.97. The predicted octanol–water partition coefficient (Wildman–Crippen LogP) is 3.45. The molecule has 4 rings (SSSR count). The summed E-state index contributed by atoms with van der Waals surface area (Å²) < 4.78 is 0. The van der Waals surface area contributed by atoms with E-state index in [9.17, 15) is 4.79 Å². The molecule has 2 heterocycles. The first-order valence-electron chi connectivity index (χ1n) is 8.88. The van der Waals surface area contributed by atoms with Gasteiger partial charge in [0.2, 0.25) is 5.91 Å². The zero-order valence-electron chi connectivity index (χ0n) is 14.1. The smallest absolute Gasteiger partial charge is 0.228 e. The Hall–Kier alpha value is -2.30. The van der Waals surface area contributed by atoms with Crippen molar-refractivity contribution in [2.75, 3.05) is 23.3 Å². The maximum absolute atomic E-state index is 12.6. The molecule has 2 N–H and O–H groups in total. The molecule has 0 atom stereocenters. The number of amides is 1. The van der Waals surface area contributed by atoms with Crippen LogP contribution in [0.25, 0.3) is 0 Å². The summed E-state index contributed by atoms with van der Waals surface area (Å²) in [6, 6.07) is 10.4. The van der Waals surface area contributed by atoms with Gasteiger partial charge in [0, 0.05) is 41.9 Å². The Bertz CT molecular complexity index is 712. The molecule has 126 valence electrons. The number of aromatic nitrogens is 2. The van der Waals surface area contributed by atoms with Crippen LogP contribution in [-0.2, 0) is 4.79 Å². The highest BCUT2D eigenvalue weighted by atomic mass is 16.2. The van der Waals surface area contributed by atoms with E-state index in [-0.39, 0.29) is 11.8 Å². The second-order valence-electron chi connectivity index (χ2n) is 6.97. The first-order chi connectivity index (χ1) is 11.7. The molecule has 1 amide bonds. The molecule has 1 aliphatic heterocycles. The summed E-state index contributed by atoms with van der Waals surface area (Å²) in [7, 11) is 0. The summed E-state index contributed by atoms with van der Waals surface area (Å²) in [5.41, 5.74) is 3.55. The molecule has 5 nitrogen and oxygen atoms in total. The number of rotatable bonds is 4. The topological polar surface area (TPSA) is 61.0 Å². The van der Waals surface area contributed by atoms with Crippen molar-refractivity contribution < 1.29 is 4.79 Å². The van der Waals surface area contributed by atoms with Crippen LogP contribution >= 0.6 is 0 Å². The summed E-state index contributed by atoms with van der Waals surface area (Å²) in [6.07, 6.45) is 4.24. The zero-order valence-corrected chi connectivity index (χ0v) is 14.1. The Kier molecular flexibility index (Phi) is 4.00. The fraction of sp³-hybridized carbons (Fsp3) is 0.474. The van der Waals surface area contributed by atoms with E-state index in [1.54, 1.807) is 0 Å². The molecule has 1 aliphatic carbocycles. The largest absolute Gasteiger partial charge is 0.371 e. The van der Waals surface area contributed by atoms with Crippen molar-refractivity contribution >= 4 is 17.4 Å². The quantitative estimate of drug-likeness (QED) is 0.905. The monoisotopic (exact) mass is 324 g/mol. The Morgan fingerprint density at radius 1 is 1.17 bits per heavy atom. The SMILES string of the molecule is Cc1c(NC(=O)C2CCN(c3ccccc3)CC2)n[nH]c1C1CC1. The molecule has 2 aromatic rings. The number of carbonyl (C=O) groups is 1. The van der Waals surface area contributed by atoms with Crippen LogP contribution in [0.2, 0.25) is 0 Å². The fourth-order valence-electron chi connectivity index (χ4n) is 3.56. The van der Waals surface area contributed by atoms with Crippen molar-refractivity contribution in [2.45, 2.75) is 38.5 Å². The minimum Gasteiger partial charge on any atom is -0.371 e. The van der Waals surface area contributed by atoms with Crippen molar-refractivity contribution in [3.05, 3.63) is 41.6 Å². The average molecular weight is 324 g/mol. The number of hydrogen-bond donors (Lipinski definition) is 2. The van der Waals surface area contributed by atoms with E-state index in [0.29, 0.717) is 11.7 Å². The molecule has 0 spiro atoms. The number of piperidine rings is 1. The van der Waals surface area contributed by atoms with Gasteiger partial charge < -0.3 is 10.2 Å². The maximum Gasteiger partial charge on any atom is 0.228 e. The van der Waals surface area contributed by atoms with Crippen molar-refractivity contribution in [2.24, 2.45) is 5.92 Å². The van der Waals surface area contributed by atoms with Gasteiger partial charge in [-0.2, -0.15) is 5.10 Å². The first kappa shape index (κ1) is 15.2. The van der Waals surface area contributed by atoms with Crippen molar-refractivity contribution in [3.63, 3.8) is 0 Å². The summed E-state index contributed by atoms with van der Waals surface area (Å²) >= 11 is 0. The molecule has 2 aliphatic rings. The molecular formula is C19H24N4O. The number of hydrogen-bond acceptors (Lipinski definition) is 3. The van der Waals surface area contributed by atoms with E-state index >= 15 is 0 Å². The highest BCUT2D eigenvalue weighted by Gasteiger charge is 2.30. The normalized spacial score (nSPS) is 18.6. The lowest BCUT2D eigenvalue weighted by Gasteiger charge is -2.32. The zero-order chi connectivity index (χ0) is 16.5. The number of aromatic amines is 1. The van der Waals surface area contributed by atoms with Gasteiger partial charge >= 0.3 is 0 Å². The minimum atomic E-state index is 0.0745. The van der Waals surface area contributed by atoms with Crippen molar-refractivity contribution in [1.29, 1.82) is 0 Å². The lowest BCUT2D eigenvalue weighted by molar-refractivity contribution is -0.120. The molecule has 1 saturated carbocycles. The Balaban J connectivity index is 1.35. The first-order valence-corrected chi connectivity index (χ1v) is 8.88. The van der Waals surface area contributed by atoms with E-state index < -0.39 is 0 Å². The molecule has 1 aromatic heterocycles. The van der Waals surface area contributed by atoms with Crippen LogP contribution < -0.4 is 10.2 Å². The van der Waals surface area contributed by atoms with Crippen LogP contribution in [0.1, 0.15) is 42.9 Å². The number of nitrogens with zero attached hydrogens (tertiary/aromatic N) is 2. The van der Waals surface area contributed by atoms with Gasteiger partial charge in [0.15, 0.2) is 5.82 Å². The van der Waals surface area contributed by atoms with E-state index in [0.717, 1.165) is 31.5 Å². The summed E-state index contributed by atoms with van der Waals surface area (Å²) in [6.45, 7) is 3.90. The molecule has 1 aromatic carbocycles. The summed E-state index contributed by atoms with van der Waals surface area (Å²) in [5, 5.41) is 10.4. The van der Waals surface area contributed by atoms with E-state index in [4.69, 9.17) is 0 Å². The third-order valence-corrected chi connectivity index (χ3v) is 5.26. The molecule has 0 radical (unpaired) electrons. The van der Waals surface area contributed by atoms with Gasteiger partial charge in [0.05, 0.1) is 0 Å². The number of anilines is 2. The van der Waals surface area contributed by atoms with E-state index in [2.05, 4.69) is 44.7 Å². The van der Waals surface area contributed by atoms with Crippen LogP contribution in [0.5, 0.6) is 0 Å². The second kappa shape index (κ2) is 6.30. The molecule has 1 saturated heterocycles. The van der Waals surface area contributed by atoms with Crippen LogP contribution in [0, 0.1) is 12.8 Å². The summed E-state index contributed by atoms with van der Waals surface area (Å²) in [5.74, 6) is 1.52. The van der Waals surface area contributed by atoms with Crippen LogP contribution in [0.4, 0.5) is 11.5 Å². The molecule has 2 fully saturated rings. The molecule has 5 heteroatoms. The Labute approximate surface area is 142 Å². The maximum atomic E-state index is 12.6. The van der Waals surface area contributed by atoms with Crippen LogP contribution in [-0.4, -0.2) is 29.2 Å². The highest BCUT2D eigenvalue weighted by molar-refractivity contribution is 5.92. The number of carbonyl (C=O) groups excluding carboxylic acids is 1. The molecule has 0 unspecified atom stereocenters. The van der Waals surface area contributed by atoms with Gasteiger partial charge in [0.25, 0.3) is 0 Å². The van der Waals surface area contributed by atoms with Gasteiger partial charge in [0.1, 0.15) is 0 Å². The molecule has 24 heavy (non-hydrogen) atoms. The number of H-pyrrole nitrogens is 1. The summed E-state index contributed by atoms with van der Waals surface area (Å²) in [4.78, 5) is 14.9. The van der Waals surface area contributed by atoms with Gasteiger partial charge in [-0.1, -0.05) is 18.2 Å². The lowest BCUT2D eigenvalue weighted by atomic mass is 9.95. The third kappa shape index (κ3) is 3.03. The van der Waals surface area contributed by atoms with Crippen molar-refractivity contribution in [1.82, 2.24) is 10.2 Å². The van der Waals surface area contributed by atoms with Gasteiger partial charge in [-0.25, -0.2) is 0 Å². The lowest BCUT2D eigenvalue weighted by Crippen LogP contribution is -2.38. The molecular weight excluding hydrogens is 300 g/mol. The van der Waals surface area contributed by atoms with E-state index in [1.165, 1.54) is 24.2 Å². The number of para-hydroxylation sites is 1. The fourth-order valence-corrected chi connectivity index (χ4v) is 3.56.